The standard InChI is InChI=1S/C42H39N3O7/c1-24-11-15-27(16-12-24)43-45-39(49)33-23-32-29(19-20-30-35(32)40(50)44(38(30)48)22-21-25-13-17-28(46)18-14-25)36(31-9-6-10-34(52-2)37(31)47)42(33,41(45)51)26-7-4-3-5-8-26/h3-19,30,32-33,35-36,43,46-47H,20-23H2,1-2H3. The van der Waals surface area contributed by atoms with E-state index in [2.05, 4.69) is 5.43 Å². The summed E-state index contributed by atoms with van der Waals surface area (Å²) in [7, 11) is 1.45. The van der Waals surface area contributed by atoms with E-state index in [1.807, 2.05) is 55.5 Å². The number of methoxy groups -OCH3 is 1. The van der Waals surface area contributed by atoms with Crippen LogP contribution in [0.1, 0.15) is 41.0 Å². The van der Waals surface area contributed by atoms with E-state index >= 15 is 4.79 Å². The summed E-state index contributed by atoms with van der Waals surface area (Å²) in [4.78, 5) is 59.7. The number of carbonyl (C=O) groups excluding carboxylic acids is 4. The minimum Gasteiger partial charge on any atom is -0.508 e. The van der Waals surface area contributed by atoms with Gasteiger partial charge in [0, 0.05) is 18.0 Å². The second-order valence-corrected chi connectivity index (χ2v) is 14.2. The van der Waals surface area contributed by atoms with Crippen LogP contribution in [-0.2, 0) is 31.0 Å². The van der Waals surface area contributed by atoms with Gasteiger partial charge in [0.05, 0.1) is 36.0 Å². The quantitative estimate of drug-likeness (QED) is 0.159. The van der Waals surface area contributed by atoms with Crippen LogP contribution in [0.5, 0.6) is 17.2 Å². The molecule has 3 N–H and O–H groups in total. The van der Waals surface area contributed by atoms with E-state index in [0.717, 1.165) is 21.7 Å². The number of aromatic hydroxyl groups is 2. The number of imide groups is 2. The average molecular weight is 698 g/mol. The molecule has 3 fully saturated rings. The maximum Gasteiger partial charge on any atom is 0.260 e. The lowest BCUT2D eigenvalue weighted by Crippen LogP contribution is -2.53. The topological polar surface area (TPSA) is 136 Å². The summed E-state index contributed by atoms with van der Waals surface area (Å²) in [6.45, 7) is 2.13. The Bertz CT molecular complexity index is 2110. The van der Waals surface area contributed by atoms with E-state index < -0.39 is 46.8 Å². The first kappa shape index (κ1) is 33.3. The zero-order chi connectivity index (χ0) is 36.3. The molecule has 2 saturated heterocycles. The Labute approximate surface area is 301 Å². The lowest BCUT2D eigenvalue weighted by molar-refractivity contribution is -0.141. The van der Waals surface area contributed by atoms with Crippen molar-refractivity contribution in [2.45, 2.75) is 37.5 Å². The summed E-state index contributed by atoms with van der Waals surface area (Å²) in [5, 5.41) is 22.6. The number of anilines is 1. The third kappa shape index (κ3) is 4.99. The van der Waals surface area contributed by atoms with Gasteiger partial charge in [-0.2, -0.15) is 5.01 Å². The van der Waals surface area contributed by atoms with Gasteiger partial charge in [0.2, 0.25) is 11.8 Å². The number of carbonyl (C=O) groups is 4. The minimum atomic E-state index is -1.50. The molecule has 4 amide bonds. The van der Waals surface area contributed by atoms with Gasteiger partial charge in [0.15, 0.2) is 11.5 Å². The molecule has 6 unspecified atom stereocenters. The highest BCUT2D eigenvalue weighted by molar-refractivity contribution is 6.13. The number of aryl methyl sites for hydroxylation is 1. The second-order valence-electron chi connectivity index (χ2n) is 14.2. The Morgan fingerprint density at radius 1 is 0.827 bits per heavy atom. The van der Waals surface area contributed by atoms with Crippen LogP contribution in [0, 0.1) is 30.6 Å². The van der Waals surface area contributed by atoms with Crippen molar-refractivity contribution in [2.75, 3.05) is 19.1 Å². The van der Waals surface area contributed by atoms with Crippen molar-refractivity contribution in [3.63, 3.8) is 0 Å². The Balaban J connectivity index is 1.26. The number of rotatable bonds is 8. The Kier molecular flexibility index (Phi) is 8.12. The largest absolute Gasteiger partial charge is 0.508 e. The number of likely N-dealkylation sites (tertiary alicyclic amines) is 1. The second kappa shape index (κ2) is 12.7. The zero-order valence-corrected chi connectivity index (χ0v) is 28.9. The minimum absolute atomic E-state index is 0.134. The number of benzene rings is 4. The SMILES string of the molecule is COc1cccc(C2C3=CCC4C(=O)N(CCc5ccc(O)cc5)C(=O)C4C3CC3C(=O)N(Nc4ccc(C)cc4)C(=O)C32c2ccccc2)c1O. The van der Waals surface area contributed by atoms with Crippen molar-refractivity contribution in [3.8, 4) is 17.2 Å². The maximum absolute atomic E-state index is 15.3. The van der Waals surface area contributed by atoms with Crippen molar-refractivity contribution in [2.24, 2.45) is 23.7 Å². The molecule has 2 aliphatic carbocycles. The first-order valence-electron chi connectivity index (χ1n) is 17.6. The molecule has 6 atom stereocenters. The van der Waals surface area contributed by atoms with Gasteiger partial charge in [0.1, 0.15) is 5.75 Å². The van der Waals surface area contributed by atoms with Crippen LogP contribution in [0.25, 0.3) is 0 Å². The summed E-state index contributed by atoms with van der Waals surface area (Å²) in [5.74, 6) is -4.96. The van der Waals surface area contributed by atoms with Gasteiger partial charge in [-0.3, -0.25) is 29.5 Å². The van der Waals surface area contributed by atoms with Gasteiger partial charge in [-0.1, -0.05) is 83.9 Å². The number of allylic oxidation sites excluding steroid dienone is 2. The molecule has 4 aromatic carbocycles. The maximum atomic E-state index is 15.3. The van der Waals surface area contributed by atoms with Crippen LogP contribution >= 0.6 is 0 Å². The number of phenols is 2. The number of phenolic OH excluding ortho intramolecular Hbond substituents is 2. The fourth-order valence-electron chi connectivity index (χ4n) is 9.22. The first-order valence-corrected chi connectivity index (χ1v) is 17.6. The smallest absolute Gasteiger partial charge is 0.260 e. The molecular weight excluding hydrogens is 658 g/mol. The molecule has 264 valence electrons. The first-order chi connectivity index (χ1) is 25.1. The highest BCUT2D eigenvalue weighted by Gasteiger charge is 2.70. The Morgan fingerprint density at radius 2 is 1.56 bits per heavy atom. The summed E-state index contributed by atoms with van der Waals surface area (Å²) in [6, 6.07) is 28.4. The van der Waals surface area contributed by atoms with Gasteiger partial charge in [0.25, 0.3) is 11.8 Å². The van der Waals surface area contributed by atoms with Gasteiger partial charge < -0.3 is 14.9 Å². The molecule has 4 aliphatic rings. The van der Waals surface area contributed by atoms with Crippen LogP contribution in [0.2, 0.25) is 0 Å². The van der Waals surface area contributed by atoms with E-state index in [1.54, 1.807) is 54.6 Å². The molecule has 10 nitrogen and oxygen atoms in total. The number of amides is 4. The van der Waals surface area contributed by atoms with Crippen LogP contribution in [-0.4, -0.2) is 57.4 Å². The highest BCUT2D eigenvalue weighted by atomic mass is 16.5. The number of fused-ring (bicyclic) bond motifs is 4. The number of nitrogens with zero attached hydrogens (tertiary/aromatic N) is 2. The summed E-state index contributed by atoms with van der Waals surface area (Å²) in [5.41, 5.74) is 5.83. The van der Waals surface area contributed by atoms with Crippen molar-refractivity contribution in [1.29, 1.82) is 0 Å². The number of hydrogen-bond donors (Lipinski definition) is 3. The molecule has 1 saturated carbocycles. The van der Waals surface area contributed by atoms with Crippen molar-refractivity contribution in [1.82, 2.24) is 9.91 Å². The molecule has 0 radical (unpaired) electrons. The number of hydrogen-bond acceptors (Lipinski definition) is 8. The monoisotopic (exact) mass is 697 g/mol. The zero-order valence-electron chi connectivity index (χ0n) is 28.9. The van der Waals surface area contributed by atoms with Crippen molar-refractivity contribution < 1.29 is 34.1 Å². The molecule has 2 heterocycles. The molecule has 0 aromatic heterocycles. The predicted octanol–water partition coefficient (Wildman–Crippen LogP) is 5.64. The molecule has 52 heavy (non-hydrogen) atoms. The summed E-state index contributed by atoms with van der Waals surface area (Å²) in [6.07, 6.45) is 2.83. The summed E-state index contributed by atoms with van der Waals surface area (Å²) < 4.78 is 5.54. The van der Waals surface area contributed by atoms with E-state index in [4.69, 9.17) is 4.74 Å². The molecule has 4 aromatic rings. The molecular formula is C42H39N3O7. The predicted molar refractivity (Wildman–Crippen MR) is 192 cm³/mol. The Morgan fingerprint density at radius 3 is 2.27 bits per heavy atom. The lowest BCUT2D eigenvalue weighted by atomic mass is 9.49. The lowest BCUT2D eigenvalue weighted by Gasteiger charge is -2.50. The van der Waals surface area contributed by atoms with Crippen LogP contribution in [0.15, 0.2) is 109 Å². The van der Waals surface area contributed by atoms with E-state index in [1.165, 1.54) is 12.0 Å². The number of para-hydroxylation sites is 1. The van der Waals surface area contributed by atoms with Crippen molar-refractivity contribution >= 4 is 29.3 Å². The third-order valence-corrected chi connectivity index (χ3v) is 11.6. The summed E-state index contributed by atoms with van der Waals surface area (Å²) >= 11 is 0. The van der Waals surface area contributed by atoms with E-state index in [0.29, 0.717) is 23.2 Å². The van der Waals surface area contributed by atoms with E-state index in [-0.39, 0.29) is 48.4 Å². The average Bonchev–Trinajstić information content (AvgIpc) is 3.53. The van der Waals surface area contributed by atoms with Gasteiger partial charge in [-0.25, -0.2) is 0 Å². The normalized spacial score (nSPS) is 26.5. The van der Waals surface area contributed by atoms with E-state index in [9.17, 15) is 24.6 Å². The van der Waals surface area contributed by atoms with Crippen LogP contribution in [0.4, 0.5) is 5.69 Å². The Hall–Kier alpha value is -5.90. The van der Waals surface area contributed by atoms with Gasteiger partial charge >= 0.3 is 0 Å². The molecule has 10 heteroatoms. The van der Waals surface area contributed by atoms with Gasteiger partial charge in [-0.05, 0) is 73.6 Å². The van der Waals surface area contributed by atoms with Crippen molar-refractivity contribution in [3.05, 3.63) is 131 Å². The third-order valence-electron chi connectivity index (χ3n) is 11.6. The molecule has 0 spiro atoms. The number of hydrazine groups is 1. The highest BCUT2D eigenvalue weighted by Crippen LogP contribution is 2.65. The van der Waals surface area contributed by atoms with Gasteiger partial charge in [-0.15, -0.1) is 0 Å². The number of nitrogens with one attached hydrogen (secondary N) is 1. The fraction of sp³-hybridized carbons (Fsp3) is 0.286. The molecule has 2 aliphatic heterocycles. The number of ether oxygens (including phenoxy) is 1. The fourth-order valence-corrected chi connectivity index (χ4v) is 9.22. The van der Waals surface area contributed by atoms with Crippen LogP contribution in [0.3, 0.4) is 0 Å². The van der Waals surface area contributed by atoms with Crippen LogP contribution < -0.4 is 10.2 Å². The molecule has 8 rings (SSSR count). The molecule has 0 bridgehead atoms.